The topological polar surface area (TPSA) is 70.5 Å². The highest BCUT2D eigenvalue weighted by atomic mass is 19.1. The molecular formula is C23H23F2N5O2. The summed E-state index contributed by atoms with van der Waals surface area (Å²) in [5.74, 6) is -0.955. The van der Waals surface area contributed by atoms with E-state index in [1.807, 2.05) is 11.8 Å². The average molecular weight is 439 g/mol. The van der Waals surface area contributed by atoms with Crippen LogP contribution in [0.15, 0.2) is 54.6 Å². The zero-order valence-electron chi connectivity index (χ0n) is 17.6. The molecule has 0 unspecified atom stereocenters. The molecule has 9 heteroatoms. The lowest BCUT2D eigenvalue weighted by Gasteiger charge is -2.34. The first kappa shape index (κ1) is 21.6. The molecule has 166 valence electrons. The van der Waals surface area contributed by atoms with E-state index in [-0.39, 0.29) is 29.7 Å². The number of nitrogens with one attached hydrogen (secondary N) is 1. The van der Waals surface area contributed by atoms with E-state index in [0.29, 0.717) is 43.4 Å². The molecule has 0 bridgehead atoms. The van der Waals surface area contributed by atoms with E-state index in [2.05, 4.69) is 10.4 Å². The van der Waals surface area contributed by atoms with Crippen LogP contribution in [0.4, 0.5) is 14.6 Å². The molecule has 0 spiro atoms. The minimum absolute atomic E-state index is 0.0584. The predicted octanol–water partition coefficient (Wildman–Crippen LogP) is 2.86. The van der Waals surface area contributed by atoms with E-state index in [1.54, 1.807) is 39.9 Å². The molecule has 0 atom stereocenters. The molecule has 1 saturated heterocycles. The van der Waals surface area contributed by atoms with E-state index < -0.39 is 5.82 Å². The van der Waals surface area contributed by atoms with Crippen molar-refractivity contribution in [3.8, 4) is 5.69 Å². The number of benzene rings is 2. The second-order valence-corrected chi connectivity index (χ2v) is 7.66. The van der Waals surface area contributed by atoms with Gasteiger partial charge in [0.05, 0.1) is 23.5 Å². The maximum absolute atomic E-state index is 13.9. The Labute approximate surface area is 184 Å². The maximum Gasteiger partial charge on any atom is 0.256 e. The van der Waals surface area contributed by atoms with Gasteiger partial charge in [0, 0.05) is 32.2 Å². The molecule has 1 fully saturated rings. The number of carbonyl (C=O) groups is 2. The van der Waals surface area contributed by atoms with Gasteiger partial charge in [-0.1, -0.05) is 12.1 Å². The first-order valence-electron chi connectivity index (χ1n) is 10.3. The SMILES string of the molecule is Cc1cc(NC(=O)CN2CCN(C(=O)c3ccccc3F)CC2)n(-c2ccc(F)cc2)n1. The van der Waals surface area contributed by atoms with Crippen molar-refractivity contribution in [3.63, 3.8) is 0 Å². The standard InChI is InChI=1S/C23H23F2N5O2/c1-16-14-21(30(27-16)18-8-6-17(24)7-9-18)26-22(31)15-28-10-12-29(13-11-28)23(32)19-4-2-3-5-20(19)25/h2-9,14H,10-13,15H2,1H3,(H,26,31). The van der Waals surface area contributed by atoms with E-state index in [1.165, 1.54) is 24.3 Å². The number of rotatable bonds is 5. The molecule has 1 aliphatic heterocycles. The highest BCUT2D eigenvalue weighted by Crippen LogP contribution is 2.18. The van der Waals surface area contributed by atoms with Crippen molar-refractivity contribution >= 4 is 17.6 Å². The van der Waals surface area contributed by atoms with Crippen LogP contribution in [0.3, 0.4) is 0 Å². The number of aromatic nitrogens is 2. The molecule has 7 nitrogen and oxygen atoms in total. The summed E-state index contributed by atoms with van der Waals surface area (Å²) in [6.45, 7) is 3.78. The molecule has 32 heavy (non-hydrogen) atoms. The number of piperazine rings is 1. The van der Waals surface area contributed by atoms with Crippen molar-refractivity contribution in [3.05, 3.63) is 77.5 Å². The highest BCUT2D eigenvalue weighted by Gasteiger charge is 2.25. The van der Waals surface area contributed by atoms with Crippen LogP contribution in [0.5, 0.6) is 0 Å². The Bertz CT molecular complexity index is 1120. The van der Waals surface area contributed by atoms with Crippen LogP contribution in [-0.4, -0.2) is 64.1 Å². The van der Waals surface area contributed by atoms with Crippen molar-refractivity contribution in [1.82, 2.24) is 19.6 Å². The number of halogens is 2. The largest absolute Gasteiger partial charge is 0.336 e. The number of carbonyl (C=O) groups excluding carboxylic acids is 2. The summed E-state index contributed by atoms with van der Waals surface area (Å²) in [4.78, 5) is 28.7. The van der Waals surface area contributed by atoms with Gasteiger partial charge in [-0.15, -0.1) is 0 Å². The van der Waals surface area contributed by atoms with Crippen molar-refractivity contribution < 1.29 is 18.4 Å². The summed E-state index contributed by atoms with van der Waals surface area (Å²) < 4.78 is 28.7. The van der Waals surface area contributed by atoms with Gasteiger partial charge in [0.2, 0.25) is 5.91 Å². The molecule has 0 radical (unpaired) electrons. The summed E-state index contributed by atoms with van der Waals surface area (Å²) in [6.07, 6.45) is 0. The van der Waals surface area contributed by atoms with Crippen LogP contribution in [0, 0.1) is 18.6 Å². The van der Waals surface area contributed by atoms with Gasteiger partial charge >= 0.3 is 0 Å². The Balaban J connectivity index is 1.34. The molecule has 2 amide bonds. The van der Waals surface area contributed by atoms with E-state index in [9.17, 15) is 18.4 Å². The number of nitrogens with zero attached hydrogens (tertiary/aromatic N) is 4. The van der Waals surface area contributed by atoms with Crippen LogP contribution in [0.2, 0.25) is 0 Å². The summed E-state index contributed by atoms with van der Waals surface area (Å²) in [6, 6.07) is 13.5. The number of aryl methyl sites for hydroxylation is 1. The predicted molar refractivity (Wildman–Crippen MR) is 116 cm³/mol. The van der Waals surface area contributed by atoms with Gasteiger partial charge in [0.25, 0.3) is 5.91 Å². The number of amides is 2. The first-order valence-corrected chi connectivity index (χ1v) is 10.3. The monoisotopic (exact) mass is 439 g/mol. The van der Waals surface area contributed by atoms with Crippen LogP contribution < -0.4 is 5.32 Å². The molecule has 2 aromatic carbocycles. The highest BCUT2D eigenvalue weighted by molar-refractivity contribution is 5.94. The fraction of sp³-hybridized carbons (Fsp3) is 0.261. The van der Waals surface area contributed by atoms with Crippen molar-refractivity contribution in [2.24, 2.45) is 0 Å². The minimum atomic E-state index is -0.535. The first-order chi connectivity index (χ1) is 15.4. The van der Waals surface area contributed by atoms with Crippen molar-refractivity contribution in [2.75, 3.05) is 38.0 Å². The van der Waals surface area contributed by atoms with Gasteiger partial charge in [-0.3, -0.25) is 14.5 Å². The van der Waals surface area contributed by atoms with Gasteiger partial charge in [0.15, 0.2) is 0 Å². The van der Waals surface area contributed by atoms with E-state index in [4.69, 9.17) is 0 Å². The second kappa shape index (κ2) is 9.27. The van der Waals surface area contributed by atoms with Crippen LogP contribution in [-0.2, 0) is 4.79 Å². The van der Waals surface area contributed by atoms with Gasteiger partial charge in [-0.2, -0.15) is 5.10 Å². The summed E-state index contributed by atoms with van der Waals surface area (Å²) in [5.41, 5.74) is 1.41. The fourth-order valence-corrected chi connectivity index (χ4v) is 3.67. The number of anilines is 1. The third-order valence-corrected chi connectivity index (χ3v) is 5.30. The zero-order valence-corrected chi connectivity index (χ0v) is 17.6. The average Bonchev–Trinajstić information content (AvgIpc) is 3.14. The van der Waals surface area contributed by atoms with Crippen LogP contribution in [0.1, 0.15) is 16.1 Å². The van der Waals surface area contributed by atoms with E-state index in [0.717, 1.165) is 0 Å². The molecule has 1 aromatic heterocycles. The molecule has 0 aliphatic carbocycles. The summed E-state index contributed by atoms with van der Waals surface area (Å²) in [5, 5.41) is 7.22. The summed E-state index contributed by atoms with van der Waals surface area (Å²) >= 11 is 0. The lowest BCUT2D eigenvalue weighted by Crippen LogP contribution is -2.50. The molecule has 3 aromatic rings. The Morgan fingerprint density at radius 2 is 1.69 bits per heavy atom. The van der Waals surface area contributed by atoms with Crippen LogP contribution in [0.25, 0.3) is 5.69 Å². The molecule has 0 saturated carbocycles. The number of hydrogen-bond donors (Lipinski definition) is 1. The molecular weight excluding hydrogens is 416 g/mol. The molecule has 2 heterocycles. The third kappa shape index (κ3) is 4.83. The zero-order chi connectivity index (χ0) is 22.7. The maximum atomic E-state index is 13.9. The quantitative estimate of drug-likeness (QED) is 0.664. The summed E-state index contributed by atoms with van der Waals surface area (Å²) in [7, 11) is 0. The lowest BCUT2D eigenvalue weighted by atomic mass is 10.1. The third-order valence-electron chi connectivity index (χ3n) is 5.30. The fourth-order valence-electron chi connectivity index (χ4n) is 3.67. The molecule has 1 N–H and O–H groups in total. The van der Waals surface area contributed by atoms with Gasteiger partial charge < -0.3 is 10.2 Å². The smallest absolute Gasteiger partial charge is 0.256 e. The molecule has 1 aliphatic rings. The molecule has 4 rings (SSSR count). The van der Waals surface area contributed by atoms with Crippen molar-refractivity contribution in [2.45, 2.75) is 6.92 Å². The van der Waals surface area contributed by atoms with Gasteiger partial charge in [0.1, 0.15) is 17.5 Å². The van der Waals surface area contributed by atoms with Crippen LogP contribution >= 0.6 is 0 Å². The Morgan fingerprint density at radius 3 is 2.38 bits per heavy atom. The van der Waals surface area contributed by atoms with Gasteiger partial charge in [-0.05, 0) is 43.3 Å². The van der Waals surface area contributed by atoms with Gasteiger partial charge in [-0.25, -0.2) is 13.5 Å². The normalized spacial score (nSPS) is 14.4. The van der Waals surface area contributed by atoms with E-state index >= 15 is 0 Å². The number of hydrogen-bond acceptors (Lipinski definition) is 4. The lowest BCUT2D eigenvalue weighted by molar-refractivity contribution is -0.117. The minimum Gasteiger partial charge on any atom is -0.336 e. The Kier molecular flexibility index (Phi) is 6.27. The Morgan fingerprint density at radius 1 is 1.00 bits per heavy atom. The second-order valence-electron chi connectivity index (χ2n) is 7.66. The van der Waals surface area contributed by atoms with Crippen molar-refractivity contribution in [1.29, 1.82) is 0 Å². The Hall–Kier alpha value is -3.59.